The van der Waals surface area contributed by atoms with Crippen LogP contribution in [0.1, 0.15) is 41.8 Å². The first kappa shape index (κ1) is 12.6. The van der Waals surface area contributed by atoms with Crippen LogP contribution in [-0.2, 0) is 0 Å². The predicted molar refractivity (Wildman–Crippen MR) is 77.2 cm³/mol. The van der Waals surface area contributed by atoms with Gasteiger partial charge in [-0.2, -0.15) is 0 Å². The zero-order chi connectivity index (χ0) is 12.1. The highest BCUT2D eigenvalue weighted by Crippen LogP contribution is 2.60. The molecule has 0 N–H and O–H groups in total. The Bertz CT molecular complexity index is 421. The molecule has 0 heterocycles. The largest absolute Gasteiger partial charge is 0.0835 e. The zero-order valence-corrected chi connectivity index (χ0v) is 13.4. The van der Waals surface area contributed by atoms with Crippen molar-refractivity contribution in [2.24, 2.45) is 11.3 Å². The number of halogens is 2. The molecule has 2 heteroatoms. The molecule has 0 aromatic heterocycles. The van der Waals surface area contributed by atoms with Gasteiger partial charge in [-0.25, -0.2) is 0 Å². The molecule has 0 nitrogen and oxygen atoms in total. The minimum atomic E-state index is 0.509. The number of benzene rings is 1. The summed E-state index contributed by atoms with van der Waals surface area (Å²) >= 11 is 7.47. The van der Waals surface area contributed by atoms with Crippen LogP contribution < -0.4 is 0 Å². The Hall–Kier alpha value is 0.180. The fourth-order valence-corrected chi connectivity index (χ4v) is 4.18. The lowest BCUT2D eigenvalue weighted by atomic mass is 9.97. The van der Waals surface area contributed by atoms with Gasteiger partial charge >= 0.3 is 0 Å². The highest BCUT2D eigenvalue weighted by Gasteiger charge is 2.49. The summed E-state index contributed by atoms with van der Waals surface area (Å²) in [6.45, 7) is 9.06. The third-order valence-corrected chi connectivity index (χ3v) is 5.77. The lowest BCUT2D eigenvalue weighted by Crippen LogP contribution is -2.01. The van der Waals surface area contributed by atoms with Crippen molar-refractivity contribution in [3.8, 4) is 0 Å². The summed E-state index contributed by atoms with van der Waals surface area (Å²) in [6.07, 6.45) is 1.33. The van der Waals surface area contributed by atoms with Gasteiger partial charge in [-0.3, -0.25) is 0 Å². The van der Waals surface area contributed by atoms with Crippen molar-refractivity contribution in [2.75, 3.05) is 0 Å². The Kier molecular flexibility index (Phi) is 3.26. The minimum absolute atomic E-state index is 0.509. The molecule has 0 saturated heterocycles. The van der Waals surface area contributed by atoms with Gasteiger partial charge in [0.2, 0.25) is 0 Å². The van der Waals surface area contributed by atoms with Gasteiger partial charge < -0.3 is 0 Å². The summed E-state index contributed by atoms with van der Waals surface area (Å²) in [5, 5.41) is 0. The lowest BCUT2D eigenvalue weighted by Gasteiger charge is -2.16. The van der Waals surface area contributed by atoms with E-state index in [1.807, 2.05) is 0 Å². The van der Waals surface area contributed by atoms with Crippen molar-refractivity contribution < 1.29 is 0 Å². The number of hydrogen-bond donors (Lipinski definition) is 0. The van der Waals surface area contributed by atoms with Crippen molar-refractivity contribution >= 4 is 31.9 Å². The van der Waals surface area contributed by atoms with Crippen LogP contribution in [0.15, 0.2) is 16.6 Å². The Labute approximate surface area is 115 Å². The molecule has 1 fully saturated rings. The maximum atomic E-state index is 3.88. The molecule has 16 heavy (non-hydrogen) atoms. The predicted octanol–water partition coefficient (Wildman–Crippen LogP) is 5.55. The van der Waals surface area contributed by atoms with E-state index in [1.54, 1.807) is 0 Å². The van der Waals surface area contributed by atoms with Crippen molar-refractivity contribution in [1.29, 1.82) is 0 Å². The molecule has 0 spiro atoms. The molecule has 2 unspecified atom stereocenters. The van der Waals surface area contributed by atoms with Gasteiger partial charge in [0.1, 0.15) is 0 Å². The molecular formula is C14H18Br2. The van der Waals surface area contributed by atoms with Crippen LogP contribution in [0.4, 0.5) is 0 Å². The summed E-state index contributed by atoms with van der Waals surface area (Å²) in [4.78, 5) is 0.509. The molecular weight excluding hydrogens is 328 g/mol. The monoisotopic (exact) mass is 344 g/mol. The van der Waals surface area contributed by atoms with Crippen LogP contribution in [0.5, 0.6) is 0 Å². The van der Waals surface area contributed by atoms with Crippen LogP contribution in [0, 0.1) is 25.2 Å². The molecule has 2 atom stereocenters. The van der Waals surface area contributed by atoms with Crippen molar-refractivity contribution in [2.45, 2.75) is 38.9 Å². The molecule has 1 aliphatic carbocycles. The van der Waals surface area contributed by atoms with E-state index in [0.29, 0.717) is 10.2 Å². The molecule has 2 rings (SSSR count). The summed E-state index contributed by atoms with van der Waals surface area (Å²) in [6, 6.07) is 4.54. The van der Waals surface area contributed by atoms with Gasteiger partial charge in [0.15, 0.2) is 0 Å². The second-order valence-corrected chi connectivity index (χ2v) is 7.50. The Morgan fingerprint density at radius 3 is 2.31 bits per heavy atom. The van der Waals surface area contributed by atoms with Gasteiger partial charge in [-0.1, -0.05) is 51.8 Å². The Morgan fingerprint density at radius 1 is 1.25 bits per heavy atom. The van der Waals surface area contributed by atoms with Crippen LogP contribution in [0.3, 0.4) is 0 Å². The molecule has 0 bridgehead atoms. The van der Waals surface area contributed by atoms with Gasteiger partial charge in [0.05, 0.1) is 0 Å². The summed E-state index contributed by atoms with van der Waals surface area (Å²) < 4.78 is 1.21. The highest BCUT2D eigenvalue weighted by atomic mass is 79.9. The van der Waals surface area contributed by atoms with Gasteiger partial charge in [0, 0.05) is 9.30 Å². The number of alkyl halides is 1. The van der Waals surface area contributed by atoms with Gasteiger partial charge in [-0.15, -0.1) is 0 Å². The highest BCUT2D eigenvalue weighted by molar-refractivity contribution is 9.10. The average molecular weight is 346 g/mol. The molecule has 88 valence electrons. The van der Waals surface area contributed by atoms with Crippen LogP contribution in [0.25, 0.3) is 0 Å². The molecule has 1 aromatic carbocycles. The quantitative estimate of drug-likeness (QED) is 0.616. The standard InChI is InChI=1S/C14H18Br2/c1-8-6-12(15)9(2)5-10(8)13(16)11-7-14(11,3)4/h5-6,11,13H,7H2,1-4H3. The molecule has 1 saturated carbocycles. The first-order chi connectivity index (χ1) is 7.33. The van der Waals surface area contributed by atoms with E-state index in [4.69, 9.17) is 0 Å². The average Bonchev–Trinajstić information content (AvgIpc) is 2.80. The SMILES string of the molecule is Cc1cc(C(Br)C2CC2(C)C)c(C)cc1Br. The maximum Gasteiger partial charge on any atom is 0.0431 e. The van der Waals surface area contributed by atoms with Gasteiger partial charge in [0.25, 0.3) is 0 Å². The fraction of sp³-hybridized carbons (Fsp3) is 0.571. The summed E-state index contributed by atoms with van der Waals surface area (Å²) in [7, 11) is 0. The first-order valence-corrected chi connectivity index (χ1v) is 7.44. The number of rotatable bonds is 2. The number of aryl methyl sites for hydroxylation is 2. The topological polar surface area (TPSA) is 0 Å². The van der Waals surface area contributed by atoms with E-state index >= 15 is 0 Å². The first-order valence-electron chi connectivity index (χ1n) is 5.73. The normalized spacial score (nSPS) is 24.2. The molecule has 0 amide bonds. The van der Waals surface area contributed by atoms with E-state index in [9.17, 15) is 0 Å². The van der Waals surface area contributed by atoms with E-state index in [-0.39, 0.29) is 0 Å². The zero-order valence-electron chi connectivity index (χ0n) is 10.3. The smallest absolute Gasteiger partial charge is 0.0431 e. The van der Waals surface area contributed by atoms with E-state index in [0.717, 1.165) is 5.92 Å². The summed E-state index contributed by atoms with van der Waals surface area (Å²) in [5.41, 5.74) is 4.67. The van der Waals surface area contributed by atoms with E-state index in [1.165, 1.54) is 27.6 Å². The van der Waals surface area contributed by atoms with Crippen LogP contribution in [-0.4, -0.2) is 0 Å². The van der Waals surface area contributed by atoms with Crippen LogP contribution in [0.2, 0.25) is 0 Å². The molecule has 1 aromatic rings. The second kappa shape index (κ2) is 4.13. The van der Waals surface area contributed by atoms with E-state index < -0.39 is 0 Å². The third-order valence-electron chi connectivity index (χ3n) is 3.79. The third kappa shape index (κ3) is 2.24. The van der Waals surface area contributed by atoms with Gasteiger partial charge in [-0.05, 0) is 54.4 Å². The minimum Gasteiger partial charge on any atom is -0.0835 e. The van der Waals surface area contributed by atoms with Crippen molar-refractivity contribution in [3.63, 3.8) is 0 Å². The molecule has 0 aliphatic heterocycles. The lowest BCUT2D eigenvalue weighted by molar-refractivity contribution is 0.554. The second-order valence-electron chi connectivity index (χ2n) is 5.66. The summed E-state index contributed by atoms with van der Waals surface area (Å²) in [5.74, 6) is 0.784. The van der Waals surface area contributed by atoms with Crippen molar-refractivity contribution in [1.82, 2.24) is 0 Å². The molecule has 0 radical (unpaired) electrons. The molecule has 1 aliphatic rings. The fourth-order valence-electron chi connectivity index (χ4n) is 2.32. The number of hydrogen-bond acceptors (Lipinski definition) is 0. The maximum absolute atomic E-state index is 3.88. The van der Waals surface area contributed by atoms with Crippen molar-refractivity contribution in [3.05, 3.63) is 33.3 Å². The Morgan fingerprint density at radius 2 is 1.81 bits per heavy atom. The van der Waals surface area contributed by atoms with E-state index in [2.05, 4.69) is 71.7 Å². The van der Waals surface area contributed by atoms with Crippen LogP contribution >= 0.6 is 31.9 Å². The Balaban J connectivity index is 2.31.